The molecule has 1 unspecified atom stereocenters. The van der Waals surface area contributed by atoms with Crippen LogP contribution in [0.1, 0.15) is 22.2 Å². The first-order valence-electron chi connectivity index (χ1n) is 5.32. The average Bonchev–Trinajstić information content (AvgIpc) is 2.41. The molecular formula is C13H10O6. The number of para-hydroxylation sites is 1. The van der Waals surface area contributed by atoms with Crippen molar-refractivity contribution in [1.29, 1.82) is 0 Å². The second-order valence-electron chi connectivity index (χ2n) is 3.82. The number of Topliss-reactive ketones (excluding diaryl/α,β-unsaturated/α-hetero) is 1. The lowest BCUT2D eigenvalue weighted by Crippen LogP contribution is -2.14. The van der Waals surface area contributed by atoms with Crippen LogP contribution in [-0.4, -0.2) is 21.1 Å². The van der Waals surface area contributed by atoms with Crippen molar-refractivity contribution < 1.29 is 24.5 Å². The number of aliphatic hydroxyl groups is 1. The molecule has 0 amide bonds. The fourth-order valence-electron chi connectivity index (χ4n) is 1.52. The van der Waals surface area contributed by atoms with Gasteiger partial charge in [-0.05, 0) is 12.1 Å². The van der Waals surface area contributed by atoms with Crippen LogP contribution in [0.4, 0.5) is 0 Å². The maximum atomic E-state index is 11.9. The zero-order valence-electron chi connectivity index (χ0n) is 9.61. The van der Waals surface area contributed by atoms with Gasteiger partial charge >= 0.3 is 0 Å². The zero-order valence-corrected chi connectivity index (χ0v) is 9.61. The zero-order chi connectivity index (χ0) is 14.0. The number of carbonyl (C=O) groups is 1. The normalized spacial score (nSPS) is 12.1. The second kappa shape index (κ2) is 4.95. The van der Waals surface area contributed by atoms with Gasteiger partial charge in [0.05, 0.1) is 5.56 Å². The highest BCUT2D eigenvalue weighted by molar-refractivity contribution is 6.01. The quantitative estimate of drug-likeness (QED) is 0.711. The van der Waals surface area contributed by atoms with Crippen molar-refractivity contribution in [1.82, 2.24) is 0 Å². The van der Waals surface area contributed by atoms with E-state index in [4.69, 9.17) is 9.52 Å². The predicted octanol–water partition coefficient (Wildman–Crippen LogP) is 0.967. The molecule has 2 aromatic rings. The number of aromatic hydroxyl groups is 2. The monoisotopic (exact) mass is 262 g/mol. The number of phenolic OH excluding ortho intramolecular Hbond substituents is 1. The number of hydrogen-bond donors (Lipinski definition) is 3. The Morgan fingerprint density at radius 2 is 1.84 bits per heavy atom. The molecule has 0 radical (unpaired) electrons. The molecule has 6 nitrogen and oxygen atoms in total. The van der Waals surface area contributed by atoms with E-state index in [-0.39, 0.29) is 17.1 Å². The molecule has 0 spiro atoms. The molecule has 0 fully saturated rings. The summed E-state index contributed by atoms with van der Waals surface area (Å²) in [6.45, 7) is 0. The highest BCUT2D eigenvalue weighted by Crippen LogP contribution is 2.24. The minimum absolute atomic E-state index is 0.0919. The SMILES string of the molecule is O=C(c1ccccc1O)C(O)c1cc(=O)c(O)co1. The molecule has 0 saturated carbocycles. The van der Waals surface area contributed by atoms with Gasteiger partial charge in [0, 0.05) is 6.07 Å². The number of hydrogen-bond acceptors (Lipinski definition) is 6. The summed E-state index contributed by atoms with van der Waals surface area (Å²) in [6, 6.07) is 6.50. The van der Waals surface area contributed by atoms with Crippen LogP contribution in [0.15, 0.2) is 45.8 Å². The van der Waals surface area contributed by atoms with E-state index >= 15 is 0 Å². The molecule has 0 aliphatic heterocycles. The molecule has 3 N–H and O–H groups in total. The van der Waals surface area contributed by atoms with Crippen molar-refractivity contribution in [3.63, 3.8) is 0 Å². The lowest BCUT2D eigenvalue weighted by molar-refractivity contribution is 0.0695. The van der Waals surface area contributed by atoms with Crippen molar-refractivity contribution in [2.24, 2.45) is 0 Å². The molecule has 19 heavy (non-hydrogen) atoms. The van der Waals surface area contributed by atoms with E-state index in [0.29, 0.717) is 0 Å². The van der Waals surface area contributed by atoms with Crippen LogP contribution >= 0.6 is 0 Å². The Morgan fingerprint density at radius 3 is 2.47 bits per heavy atom. The third kappa shape index (κ3) is 2.48. The minimum atomic E-state index is -1.73. The third-order valence-electron chi connectivity index (χ3n) is 2.52. The van der Waals surface area contributed by atoms with Crippen molar-refractivity contribution in [3.8, 4) is 11.5 Å². The topological polar surface area (TPSA) is 108 Å². The summed E-state index contributed by atoms with van der Waals surface area (Å²) in [5, 5.41) is 28.3. The van der Waals surface area contributed by atoms with Gasteiger partial charge in [0.25, 0.3) is 0 Å². The first kappa shape index (κ1) is 12.8. The van der Waals surface area contributed by atoms with E-state index in [2.05, 4.69) is 0 Å². The lowest BCUT2D eigenvalue weighted by Gasteiger charge is -2.09. The summed E-state index contributed by atoms with van der Waals surface area (Å²) in [5.41, 5.74) is -0.865. The highest BCUT2D eigenvalue weighted by atomic mass is 16.4. The third-order valence-corrected chi connectivity index (χ3v) is 2.52. The van der Waals surface area contributed by atoms with Crippen LogP contribution in [-0.2, 0) is 0 Å². The maximum absolute atomic E-state index is 11.9. The lowest BCUT2D eigenvalue weighted by atomic mass is 10.0. The number of rotatable bonds is 3. The fraction of sp³-hybridized carbons (Fsp3) is 0.0769. The number of phenols is 1. The van der Waals surface area contributed by atoms with Gasteiger partial charge in [0.2, 0.25) is 11.2 Å². The van der Waals surface area contributed by atoms with Crippen LogP contribution in [0, 0.1) is 0 Å². The van der Waals surface area contributed by atoms with Gasteiger partial charge < -0.3 is 19.7 Å². The van der Waals surface area contributed by atoms with Crippen LogP contribution in [0.2, 0.25) is 0 Å². The number of aliphatic hydroxyl groups excluding tert-OH is 1. The number of carbonyl (C=O) groups excluding carboxylic acids is 1. The Morgan fingerprint density at radius 1 is 1.16 bits per heavy atom. The van der Waals surface area contributed by atoms with Crippen molar-refractivity contribution in [2.45, 2.75) is 6.10 Å². The Labute approximate surface area is 107 Å². The van der Waals surface area contributed by atoms with Crippen molar-refractivity contribution in [2.75, 3.05) is 0 Å². The van der Waals surface area contributed by atoms with Crippen molar-refractivity contribution >= 4 is 5.78 Å². The summed E-state index contributed by atoms with van der Waals surface area (Å²) in [6.07, 6.45) is -0.999. The largest absolute Gasteiger partial charge is 0.507 e. The summed E-state index contributed by atoms with van der Waals surface area (Å²) in [7, 11) is 0. The second-order valence-corrected chi connectivity index (χ2v) is 3.82. The van der Waals surface area contributed by atoms with E-state index in [9.17, 15) is 19.8 Å². The maximum Gasteiger partial charge on any atom is 0.226 e. The summed E-state index contributed by atoms with van der Waals surface area (Å²) in [5.74, 6) is -2.03. The first-order chi connectivity index (χ1) is 9.00. The van der Waals surface area contributed by atoms with Gasteiger partial charge in [-0.2, -0.15) is 0 Å². The Hall–Kier alpha value is -2.60. The summed E-state index contributed by atoms with van der Waals surface area (Å²) >= 11 is 0. The van der Waals surface area contributed by atoms with Gasteiger partial charge in [-0.15, -0.1) is 0 Å². The summed E-state index contributed by atoms with van der Waals surface area (Å²) < 4.78 is 4.78. The van der Waals surface area contributed by atoms with E-state index < -0.39 is 23.1 Å². The van der Waals surface area contributed by atoms with E-state index in [1.54, 1.807) is 0 Å². The molecule has 1 aromatic carbocycles. The molecular weight excluding hydrogens is 252 g/mol. The van der Waals surface area contributed by atoms with E-state index in [1.807, 2.05) is 0 Å². The van der Waals surface area contributed by atoms with E-state index in [1.165, 1.54) is 24.3 Å². The molecule has 0 saturated heterocycles. The smallest absolute Gasteiger partial charge is 0.226 e. The average molecular weight is 262 g/mol. The molecule has 0 bridgehead atoms. The van der Waals surface area contributed by atoms with Gasteiger partial charge in [-0.3, -0.25) is 9.59 Å². The minimum Gasteiger partial charge on any atom is -0.507 e. The molecule has 6 heteroatoms. The van der Waals surface area contributed by atoms with Gasteiger partial charge in [-0.1, -0.05) is 12.1 Å². The standard InChI is InChI=1S/C13H10O6/c14-8-4-2-1-3-7(8)12(17)13(18)11-5-9(15)10(16)6-19-11/h1-6,13-14,16,18H. The Bertz CT molecular complexity index is 673. The Kier molecular flexibility index (Phi) is 3.35. The van der Waals surface area contributed by atoms with Crippen LogP contribution in [0.5, 0.6) is 11.5 Å². The van der Waals surface area contributed by atoms with Crippen LogP contribution in [0.3, 0.4) is 0 Å². The van der Waals surface area contributed by atoms with Gasteiger partial charge in [0.1, 0.15) is 17.8 Å². The van der Waals surface area contributed by atoms with Crippen LogP contribution < -0.4 is 5.43 Å². The predicted molar refractivity (Wildman–Crippen MR) is 64.0 cm³/mol. The molecule has 0 aliphatic rings. The number of ketones is 1. The van der Waals surface area contributed by atoms with Crippen LogP contribution in [0.25, 0.3) is 0 Å². The molecule has 1 atom stereocenters. The first-order valence-corrected chi connectivity index (χ1v) is 5.32. The van der Waals surface area contributed by atoms with Gasteiger partial charge in [0.15, 0.2) is 11.9 Å². The van der Waals surface area contributed by atoms with Gasteiger partial charge in [-0.25, -0.2) is 0 Å². The number of benzene rings is 1. The molecule has 1 heterocycles. The Balaban J connectivity index is 2.36. The molecule has 0 aliphatic carbocycles. The molecule has 98 valence electrons. The fourth-order valence-corrected chi connectivity index (χ4v) is 1.52. The van der Waals surface area contributed by atoms with Crippen molar-refractivity contribution in [3.05, 3.63) is 58.1 Å². The molecule has 1 aromatic heterocycles. The molecule has 2 rings (SSSR count). The highest BCUT2D eigenvalue weighted by Gasteiger charge is 2.24. The van der Waals surface area contributed by atoms with E-state index in [0.717, 1.165) is 12.3 Å². The summed E-state index contributed by atoms with van der Waals surface area (Å²) in [4.78, 5) is 23.1.